The highest BCUT2D eigenvalue weighted by Crippen LogP contribution is 2.19. The van der Waals surface area contributed by atoms with Gasteiger partial charge in [-0.3, -0.25) is 4.79 Å². The quantitative estimate of drug-likeness (QED) is 0.841. The maximum atomic E-state index is 12.1. The van der Waals surface area contributed by atoms with Crippen LogP contribution < -0.4 is 15.8 Å². The molecule has 0 aliphatic carbocycles. The lowest BCUT2D eigenvalue weighted by atomic mass is 10.0. The van der Waals surface area contributed by atoms with Crippen molar-refractivity contribution in [3.05, 3.63) is 29.8 Å². The molecular weight excluding hydrogens is 252 g/mol. The van der Waals surface area contributed by atoms with Crippen molar-refractivity contribution in [3.8, 4) is 5.75 Å². The minimum absolute atomic E-state index is 0.0540. The van der Waals surface area contributed by atoms with E-state index < -0.39 is 6.10 Å². The fourth-order valence-electron chi connectivity index (χ4n) is 1.65. The van der Waals surface area contributed by atoms with E-state index in [1.54, 1.807) is 6.92 Å². The number of benzene rings is 1. The first-order valence-corrected chi connectivity index (χ1v) is 7.09. The SMILES string of the molecule is CCC(C)(C)NC(=O)C(C)Oc1cccc([C@H](C)N)c1. The molecule has 0 aromatic heterocycles. The van der Waals surface area contributed by atoms with E-state index in [0.717, 1.165) is 12.0 Å². The predicted molar refractivity (Wildman–Crippen MR) is 81.6 cm³/mol. The fraction of sp³-hybridized carbons (Fsp3) is 0.562. The van der Waals surface area contributed by atoms with Crippen molar-refractivity contribution < 1.29 is 9.53 Å². The molecule has 3 N–H and O–H groups in total. The number of rotatable bonds is 6. The van der Waals surface area contributed by atoms with E-state index in [1.807, 2.05) is 52.0 Å². The lowest BCUT2D eigenvalue weighted by molar-refractivity contribution is -0.128. The molecule has 1 aromatic carbocycles. The molecule has 2 atom stereocenters. The maximum Gasteiger partial charge on any atom is 0.261 e. The van der Waals surface area contributed by atoms with Gasteiger partial charge in [-0.05, 0) is 51.8 Å². The first kappa shape index (κ1) is 16.5. The molecule has 1 amide bonds. The fourth-order valence-corrected chi connectivity index (χ4v) is 1.65. The highest BCUT2D eigenvalue weighted by molar-refractivity contribution is 5.81. The van der Waals surface area contributed by atoms with Gasteiger partial charge in [0.05, 0.1) is 0 Å². The molecule has 0 heterocycles. The van der Waals surface area contributed by atoms with Crippen LogP contribution in [-0.4, -0.2) is 17.6 Å². The van der Waals surface area contributed by atoms with E-state index in [1.165, 1.54) is 0 Å². The summed E-state index contributed by atoms with van der Waals surface area (Å²) in [5.41, 5.74) is 6.61. The molecule has 0 aliphatic heterocycles. The third-order valence-electron chi connectivity index (χ3n) is 3.41. The third-order valence-corrected chi connectivity index (χ3v) is 3.41. The van der Waals surface area contributed by atoms with Crippen LogP contribution in [0.2, 0.25) is 0 Å². The van der Waals surface area contributed by atoms with Crippen molar-refractivity contribution in [2.24, 2.45) is 5.73 Å². The highest BCUT2D eigenvalue weighted by Gasteiger charge is 2.22. The summed E-state index contributed by atoms with van der Waals surface area (Å²) >= 11 is 0. The Morgan fingerprint density at radius 3 is 2.60 bits per heavy atom. The Bertz CT molecular complexity index is 456. The van der Waals surface area contributed by atoms with Crippen LogP contribution in [0.25, 0.3) is 0 Å². The Kier molecular flexibility index (Phi) is 5.57. The Morgan fingerprint density at radius 2 is 2.05 bits per heavy atom. The minimum Gasteiger partial charge on any atom is -0.481 e. The minimum atomic E-state index is -0.538. The lowest BCUT2D eigenvalue weighted by Gasteiger charge is -2.26. The summed E-state index contributed by atoms with van der Waals surface area (Å²) in [5.74, 6) is 0.555. The first-order valence-electron chi connectivity index (χ1n) is 7.09. The molecule has 1 unspecified atom stereocenters. The Labute approximate surface area is 121 Å². The van der Waals surface area contributed by atoms with Crippen LogP contribution in [0.4, 0.5) is 0 Å². The second-order valence-corrected chi connectivity index (χ2v) is 5.85. The van der Waals surface area contributed by atoms with Gasteiger partial charge in [0, 0.05) is 11.6 Å². The summed E-state index contributed by atoms with van der Waals surface area (Å²) in [6.07, 6.45) is 0.329. The van der Waals surface area contributed by atoms with Crippen molar-refractivity contribution in [1.29, 1.82) is 0 Å². The average molecular weight is 278 g/mol. The smallest absolute Gasteiger partial charge is 0.261 e. The van der Waals surface area contributed by atoms with Gasteiger partial charge in [0.25, 0.3) is 5.91 Å². The van der Waals surface area contributed by atoms with Gasteiger partial charge in [0.2, 0.25) is 0 Å². The van der Waals surface area contributed by atoms with Crippen molar-refractivity contribution >= 4 is 5.91 Å². The molecule has 0 saturated heterocycles. The molecule has 4 heteroatoms. The number of carbonyl (C=O) groups excluding carboxylic acids is 1. The normalized spacial score (nSPS) is 14.5. The van der Waals surface area contributed by atoms with Crippen molar-refractivity contribution in [3.63, 3.8) is 0 Å². The monoisotopic (exact) mass is 278 g/mol. The summed E-state index contributed by atoms with van der Waals surface area (Å²) < 4.78 is 5.69. The summed E-state index contributed by atoms with van der Waals surface area (Å²) in [4.78, 5) is 12.1. The van der Waals surface area contributed by atoms with E-state index in [0.29, 0.717) is 5.75 Å². The number of hydrogen-bond acceptors (Lipinski definition) is 3. The third kappa shape index (κ3) is 4.85. The van der Waals surface area contributed by atoms with Gasteiger partial charge >= 0.3 is 0 Å². The zero-order valence-electron chi connectivity index (χ0n) is 13.1. The van der Waals surface area contributed by atoms with Gasteiger partial charge in [-0.1, -0.05) is 19.1 Å². The van der Waals surface area contributed by atoms with Gasteiger partial charge in [-0.15, -0.1) is 0 Å². The lowest BCUT2D eigenvalue weighted by Crippen LogP contribution is -2.48. The van der Waals surface area contributed by atoms with Crippen molar-refractivity contribution in [2.75, 3.05) is 0 Å². The Hall–Kier alpha value is -1.55. The Morgan fingerprint density at radius 1 is 1.40 bits per heavy atom. The summed E-state index contributed by atoms with van der Waals surface area (Å²) in [6, 6.07) is 7.48. The van der Waals surface area contributed by atoms with Gasteiger partial charge < -0.3 is 15.8 Å². The second kappa shape index (κ2) is 6.75. The average Bonchev–Trinajstić information content (AvgIpc) is 2.38. The molecule has 0 radical (unpaired) electrons. The van der Waals surface area contributed by atoms with E-state index in [4.69, 9.17) is 10.5 Å². The molecule has 0 bridgehead atoms. The number of nitrogens with one attached hydrogen (secondary N) is 1. The Balaban J connectivity index is 2.68. The summed E-state index contributed by atoms with van der Waals surface area (Å²) in [5, 5.41) is 2.97. The molecule has 20 heavy (non-hydrogen) atoms. The van der Waals surface area contributed by atoms with Crippen LogP contribution in [0.1, 0.15) is 52.6 Å². The zero-order chi connectivity index (χ0) is 15.3. The molecule has 0 saturated carbocycles. The van der Waals surface area contributed by atoms with Gasteiger partial charge in [-0.25, -0.2) is 0 Å². The molecule has 1 aromatic rings. The van der Waals surface area contributed by atoms with E-state index in [-0.39, 0.29) is 17.5 Å². The molecule has 0 spiro atoms. The van der Waals surface area contributed by atoms with E-state index in [9.17, 15) is 4.79 Å². The summed E-state index contributed by atoms with van der Waals surface area (Å²) in [6.45, 7) is 9.69. The van der Waals surface area contributed by atoms with Crippen molar-refractivity contribution in [1.82, 2.24) is 5.32 Å². The molecular formula is C16H26N2O2. The predicted octanol–water partition coefficient (Wildman–Crippen LogP) is 2.78. The number of nitrogens with two attached hydrogens (primary N) is 1. The zero-order valence-corrected chi connectivity index (χ0v) is 13.1. The maximum absolute atomic E-state index is 12.1. The van der Waals surface area contributed by atoms with Gasteiger partial charge in [-0.2, -0.15) is 0 Å². The largest absolute Gasteiger partial charge is 0.481 e. The highest BCUT2D eigenvalue weighted by atomic mass is 16.5. The number of ether oxygens (including phenoxy) is 1. The van der Waals surface area contributed by atoms with Gasteiger partial charge in [0.1, 0.15) is 5.75 Å². The van der Waals surface area contributed by atoms with Crippen LogP contribution in [0.15, 0.2) is 24.3 Å². The molecule has 112 valence electrons. The van der Waals surface area contributed by atoms with Gasteiger partial charge in [0.15, 0.2) is 6.10 Å². The van der Waals surface area contributed by atoms with Crippen LogP contribution in [-0.2, 0) is 4.79 Å². The molecule has 1 rings (SSSR count). The number of carbonyl (C=O) groups is 1. The van der Waals surface area contributed by atoms with Crippen LogP contribution in [0.3, 0.4) is 0 Å². The summed E-state index contributed by atoms with van der Waals surface area (Å²) in [7, 11) is 0. The molecule has 0 fully saturated rings. The number of amides is 1. The van der Waals surface area contributed by atoms with E-state index in [2.05, 4.69) is 5.32 Å². The topological polar surface area (TPSA) is 64.3 Å². The van der Waals surface area contributed by atoms with Crippen LogP contribution >= 0.6 is 0 Å². The molecule has 0 aliphatic rings. The van der Waals surface area contributed by atoms with Crippen LogP contribution in [0.5, 0.6) is 5.75 Å². The molecule has 4 nitrogen and oxygen atoms in total. The van der Waals surface area contributed by atoms with Crippen LogP contribution in [0, 0.1) is 0 Å². The standard InChI is InChI=1S/C16H26N2O2/c1-6-16(4,5)18-15(19)12(3)20-14-9-7-8-13(10-14)11(2)17/h7-12H,6,17H2,1-5H3,(H,18,19)/t11-,12?/m0/s1. The second-order valence-electron chi connectivity index (χ2n) is 5.85. The van der Waals surface area contributed by atoms with E-state index >= 15 is 0 Å². The number of hydrogen-bond donors (Lipinski definition) is 2. The first-order chi connectivity index (χ1) is 9.25. The van der Waals surface area contributed by atoms with Crippen molar-refractivity contribution in [2.45, 2.75) is 58.7 Å².